The summed E-state index contributed by atoms with van der Waals surface area (Å²) in [5.41, 5.74) is 10.3. The molecule has 0 saturated heterocycles. The van der Waals surface area contributed by atoms with E-state index in [2.05, 4.69) is 67.0 Å². The first-order valence-corrected chi connectivity index (χ1v) is 7.68. The van der Waals surface area contributed by atoms with Gasteiger partial charge in [-0.15, -0.1) is 0 Å². The van der Waals surface area contributed by atoms with E-state index in [1.54, 1.807) is 0 Å². The Labute approximate surface area is 131 Å². The van der Waals surface area contributed by atoms with Crippen molar-refractivity contribution in [2.75, 3.05) is 0 Å². The zero-order chi connectivity index (χ0) is 15.3. The van der Waals surface area contributed by atoms with Gasteiger partial charge < -0.3 is 0 Å². The highest BCUT2D eigenvalue weighted by molar-refractivity contribution is 5.78. The van der Waals surface area contributed by atoms with Crippen molar-refractivity contribution in [3.05, 3.63) is 71.2 Å². The second kappa shape index (κ2) is 4.77. The molecule has 0 radical (unpaired) electrons. The zero-order valence-corrected chi connectivity index (χ0v) is 13.2. The van der Waals surface area contributed by atoms with E-state index in [1.165, 1.54) is 44.8 Å². The van der Waals surface area contributed by atoms with Gasteiger partial charge in [-0.3, -0.25) is 4.98 Å². The first kappa shape index (κ1) is 13.2. The summed E-state index contributed by atoms with van der Waals surface area (Å²) in [5, 5.41) is 0. The van der Waals surface area contributed by atoms with Crippen LogP contribution in [0.1, 0.15) is 22.4 Å². The third kappa shape index (κ3) is 1.95. The SMILES string of the molecule is Cc1ccc(C)c(-c2cc3c(c[n+]2C)Cc2ncccc2-3)c1. The van der Waals surface area contributed by atoms with Crippen molar-refractivity contribution in [1.29, 1.82) is 0 Å². The smallest absolute Gasteiger partial charge is 0.213 e. The Kier molecular flexibility index (Phi) is 2.86. The van der Waals surface area contributed by atoms with Crippen LogP contribution in [-0.4, -0.2) is 4.98 Å². The van der Waals surface area contributed by atoms with Gasteiger partial charge in [0.15, 0.2) is 6.20 Å². The highest BCUT2D eigenvalue weighted by atomic mass is 14.9. The number of aromatic nitrogens is 2. The second-order valence-corrected chi connectivity index (χ2v) is 6.20. The van der Waals surface area contributed by atoms with Gasteiger partial charge >= 0.3 is 0 Å². The molecular formula is C20H19N2+. The first-order chi connectivity index (χ1) is 10.6. The number of pyridine rings is 2. The normalized spacial score (nSPS) is 12.1. The summed E-state index contributed by atoms with van der Waals surface area (Å²) < 4.78 is 2.24. The van der Waals surface area contributed by atoms with Gasteiger partial charge in [0.1, 0.15) is 7.05 Å². The third-order valence-corrected chi connectivity index (χ3v) is 4.56. The van der Waals surface area contributed by atoms with Crippen LogP contribution >= 0.6 is 0 Å². The van der Waals surface area contributed by atoms with E-state index < -0.39 is 0 Å². The molecule has 0 spiro atoms. The van der Waals surface area contributed by atoms with Crippen LogP contribution in [0.2, 0.25) is 0 Å². The van der Waals surface area contributed by atoms with Crippen molar-refractivity contribution in [2.24, 2.45) is 7.05 Å². The van der Waals surface area contributed by atoms with Gasteiger partial charge in [0.2, 0.25) is 5.69 Å². The minimum atomic E-state index is 0.937. The summed E-state index contributed by atoms with van der Waals surface area (Å²) in [7, 11) is 2.13. The summed E-state index contributed by atoms with van der Waals surface area (Å²) in [4.78, 5) is 4.53. The molecule has 108 valence electrons. The summed E-state index contributed by atoms with van der Waals surface area (Å²) >= 11 is 0. The fourth-order valence-corrected chi connectivity index (χ4v) is 3.38. The molecule has 1 aliphatic rings. The number of hydrogen-bond acceptors (Lipinski definition) is 1. The highest BCUT2D eigenvalue weighted by Crippen LogP contribution is 2.36. The van der Waals surface area contributed by atoms with Gasteiger partial charge in [-0.1, -0.05) is 23.8 Å². The summed E-state index contributed by atoms with van der Waals surface area (Å²) in [6, 6.07) is 13.2. The molecule has 0 unspecified atom stereocenters. The lowest BCUT2D eigenvalue weighted by atomic mass is 9.99. The Bertz CT molecular complexity index is 894. The van der Waals surface area contributed by atoms with E-state index in [0.717, 1.165) is 6.42 Å². The summed E-state index contributed by atoms with van der Waals surface area (Å²) in [5.74, 6) is 0. The first-order valence-electron chi connectivity index (χ1n) is 7.68. The van der Waals surface area contributed by atoms with Crippen LogP contribution in [-0.2, 0) is 13.5 Å². The molecule has 22 heavy (non-hydrogen) atoms. The molecule has 0 aliphatic heterocycles. The average Bonchev–Trinajstić information content (AvgIpc) is 2.86. The van der Waals surface area contributed by atoms with Crippen molar-refractivity contribution in [3.63, 3.8) is 0 Å². The number of aryl methyl sites for hydroxylation is 3. The Morgan fingerprint density at radius 3 is 2.73 bits per heavy atom. The molecule has 0 amide bonds. The highest BCUT2D eigenvalue weighted by Gasteiger charge is 2.25. The molecular weight excluding hydrogens is 268 g/mol. The molecule has 0 fully saturated rings. The van der Waals surface area contributed by atoms with Crippen molar-refractivity contribution >= 4 is 0 Å². The van der Waals surface area contributed by atoms with E-state index >= 15 is 0 Å². The van der Waals surface area contributed by atoms with Crippen molar-refractivity contribution < 1.29 is 4.57 Å². The van der Waals surface area contributed by atoms with Crippen LogP contribution in [0.5, 0.6) is 0 Å². The number of nitrogens with zero attached hydrogens (tertiary/aromatic N) is 2. The maximum Gasteiger partial charge on any atom is 0.213 e. The van der Waals surface area contributed by atoms with E-state index in [0.29, 0.717) is 0 Å². The number of hydrogen-bond donors (Lipinski definition) is 0. The zero-order valence-electron chi connectivity index (χ0n) is 13.2. The number of rotatable bonds is 1. The van der Waals surface area contributed by atoms with Crippen molar-refractivity contribution in [2.45, 2.75) is 20.3 Å². The van der Waals surface area contributed by atoms with Gasteiger partial charge in [0.25, 0.3) is 0 Å². The summed E-state index contributed by atoms with van der Waals surface area (Å²) in [6.07, 6.45) is 5.08. The predicted molar refractivity (Wildman–Crippen MR) is 88.6 cm³/mol. The monoisotopic (exact) mass is 287 g/mol. The molecule has 1 aromatic carbocycles. The van der Waals surface area contributed by atoms with E-state index in [1.807, 2.05) is 12.3 Å². The topological polar surface area (TPSA) is 16.8 Å². The van der Waals surface area contributed by atoms with Crippen LogP contribution in [0, 0.1) is 13.8 Å². The van der Waals surface area contributed by atoms with E-state index in [-0.39, 0.29) is 0 Å². The van der Waals surface area contributed by atoms with Crippen molar-refractivity contribution in [3.8, 4) is 22.4 Å². The molecule has 2 heterocycles. The standard InChI is InChI=1S/C20H19N2/c1-13-6-7-14(2)17(9-13)20-11-18-15(12-22(20)3)10-19-16(18)5-4-8-21-19/h4-9,11-12H,10H2,1-3H3/q+1. The molecule has 4 rings (SSSR count). The molecule has 2 nitrogen and oxygen atoms in total. The lowest BCUT2D eigenvalue weighted by molar-refractivity contribution is -0.660. The molecule has 1 aliphatic carbocycles. The second-order valence-electron chi connectivity index (χ2n) is 6.20. The molecule has 0 N–H and O–H groups in total. The average molecular weight is 287 g/mol. The Morgan fingerprint density at radius 1 is 1.00 bits per heavy atom. The molecule has 0 saturated carbocycles. The maximum atomic E-state index is 4.53. The fraction of sp³-hybridized carbons (Fsp3) is 0.200. The molecule has 2 heteroatoms. The van der Waals surface area contributed by atoms with Gasteiger partial charge in [0, 0.05) is 35.4 Å². The summed E-state index contributed by atoms with van der Waals surface area (Å²) in [6.45, 7) is 4.33. The van der Waals surface area contributed by atoms with E-state index in [9.17, 15) is 0 Å². The molecule has 0 bridgehead atoms. The minimum Gasteiger partial charge on any atom is -0.260 e. The molecule has 0 atom stereocenters. The number of benzene rings is 1. The van der Waals surface area contributed by atoms with Gasteiger partial charge in [-0.2, -0.15) is 0 Å². The molecule has 2 aromatic heterocycles. The fourth-order valence-electron chi connectivity index (χ4n) is 3.38. The quantitative estimate of drug-likeness (QED) is 0.487. The number of fused-ring (bicyclic) bond motifs is 3. The predicted octanol–water partition coefficient (Wildman–Crippen LogP) is 3.76. The largest absolute Gasteiger partial charge is 0.260 e. The van der Waals surface area contributed by atoms with Crippen LogP contribution in [0.15, 0.2) is 48.8 Å². The Hall–Kier alpha value is -2.48. The Balaban J connectivity index is 1.96. The van der Waals surface area contributed by atoms with Crippen LogP contribution < -0.4 is 4.57 Å². The third-order valence-electron chi connectivity index (χ3n) is 4.56. The van der Waals surface area contributed by atoms with Crippen molar-refractivity contribution in [1.82, 2.24) is 4.98 Å². The van der Waals surface area contributed by atoms with Gasteiger partial charge in [0.05, 0.1) is 5.69 Å². The Morgan fingerprint density at radius 2 is 1.86 bits per heavy atom. The van der Waals surface area contributed by atoms with E-state index in [4.69, 9.17) is 0 Å². The van der Waals surface area contributed by atoms with Gasteiger partial charge in [-0.25, -0.2) is 4.57 Å². The lowest BCUT2D eigenvalue weighted by Gasteiger charge is -2.08. The van der Waals surface area contributed by atoms with Gasteiger partial charge in [-0.05, 0) is 37.1 Å². The van der Waals surface area contributed by atoms with Crippen LogP contribution in [0.3, 0.4) is 0 Å². The maximum absolute atomic E-state index is 4.53. The minimum absolute atomic E-state index is 0.937. The lowest BCUT2D eigenvalue weighted by Crippen LogP contribution is -2.31. The van der Waals surface area contributed by atoms with Crippen LogP contribution in [0.25, 0.3) is 22.4 Å². The molecule has 3 aromatic rings. The van der Waals surface area contributed by atoms with Crippen LogP contribution in [0.4, 0.5) is 0 Å².